The third-order valence-corrected chi connectivity index (χ3v) is 6.33. The Labute approximate surface area is 137 Å². The number of thiophene rings is 1. The van der Waals surface area contributed by atoms with Gasteiger partial charge in [0.05, 0.1) is 15.3 Å². The van der Waals surface area contributed by atoms with Crippen LogP contribution in [0, 0.1) is 6.92 Å². The highest BCUT2D eigenvalue weighted by molar-refractivity contribution is 9.11. The summed E-state index contributed by atoms with van der Waals surface area (Å²) >= 11 is 4.66. The molecule has 114 valence electrons. The molecule has 0 unspecified atom stereocenters. The van der Waals surface area contributed by atoms with Gasteiger partial charge in [-0.1, -0.05) is 30.3 Å². The van der Waals surface area contributed by atoms with Gasteiger partial charge in [0.15, 0.2) is 0 Å². The van der Waals surface area contributed by atoms with Gasteiger partial charge in [0.2, 0.25) is 10.0 Å². The number of sulfonamides is 1. The fraction of sp³-hybridized carbons (Fsp3) is 0.286. The smallest absolute Gasteiger partial charge is 0.242 e. The Morgan fingerprint density at radius 2 is 2.00 bits per heavy atom. The molecule has 1 aromatic carbocycles. The Morgan fingerprint density at radius 3 is 2.52 bits per heavy atom. The minimum absolute atomic E-state index is 0.252. The quantitative estimate of drug-likeness (QED) is 0.797. The molecule has 0 bridgehead atoms. The predicted molar refractivity (Wildman–Crippen MR) is 88.1 cm³/mol. The van der Waals surface area contributed by atoms with Crippen molar-refractivity contribution in [3.05, 3.63) is 50.6 Å². The monoisotopic (exact) mass is 389 g/mol. The summed E-state index contributed by atoms with van der Waals surface area (Å²) in [5, 5.41) is 9.44. The number of hydrogen-bond acceptors (Lipinski definition) is 4. The second-order valence-corrected chi connectivity index (χ2v) is 8.98. The molecule has 1 atom stereocenters. The molecule has 2 rings (SSSR count). The van der Waals surface area contributed by atoms with Gasteiger partial charge in [0.1, 0.15) is 0 Å². The van der Waals surface area contributed by atoms with Gasteiger partial charge in [0, 0.05) is 10.9 Å². The van der Waals surface area contributed by atoms with E-state index in [1.165, 1.54) is 11.3 Å². The SMILES string of the molecule is Cc1sc(Br)cc1S(=O)(=O)N[C@H](CO)Cc1ccccc1. The highest BCUT2D eigenvalue weighted by Crippen LogP contribution is 2.29. The van der Waals surface area contributed by atoms with E-state index in [9.17, 15) is 13.5 Å². The molecule has 0 saturated heterocycles. The summed E-state index contributed by atoms with van der Waals surface area (Å²) in [4.78, 5) is 0.969. The van der Waals surface area contributed by atoms with E-state index in [0.29, 0.717) is 11.3 Å². The van der Waals surface area contributed by atoms with Crippen LogP contribution in [0.4, 0.5) is 0 Å². The Balaban J connectivity index is 2.16. The second kappa shape index (κ2) is 7.02. The first-order valence-electron chi connectivity index (χ1n) is 6.35. The van der Waals surface area contributed by atoms with E-state index in [0.717, 1.165) is 9.35 Å². The molecule has 4 nitrogen and oxygen atoms in total. The number of halogens is 1. The van der Waals surface area contributed by atoms with Crippen LogP contribution in [0.2, 0.25) is 0 Å². The van der Waals surface area contributed by atoms with E-state index < -0.39 is 16.1 Å². The Kier molecular flexibility index (Phi) is 5.56. The Bertz CT molecular complexity index is 698. The highest BCUT2D eigenvalue weighted by Gasteiger charge is 2.23. The fourth-order valence-corrected chi connectivity index (χ4v) is 5.66. The van der Waals surface area contributed by atoms with Gasteiger partial charge < -0.3 is 5.11 Å². The van der Waals surface area contributed by atoms with Crippen molar-refractivity contribution in [2.45, 2.75) is 24.3 Å². The fourth-order valence-electron chi connectivity index (χ4n) is 2.02. The molecule has 0 saturated carbocycles. The van der Waals surface area contributed by atoms with Crippen LogP contribution in [0.15, 0.2) is 45.1 Å². The zero-order chi connectivity index (χ0) is 15.5. The summed E-state index contributed by atoms with van der Waals surface area (Å²) in [5.74, 6) is 0. The van der Waals surface area contributed by atoms with Gasteiger partial charge >= 0.3 is 0 Å². The third kappa shape index (κ3) is 4.37. The van der Waals surface area contributed by atoms with E-state index in [-0.39, 0.29) is 11.5 Å². The van der Waals surface area contributed by atoms with Crippen LogP contribution < -0.4 is 4.72 Å². The van der Waals surface area contributed by atoms with Gasteiger partial charge in [-0.3, -0.25) is 0 Å². The molecule has 21 heavy (non-hydrogen) atoms. The Hall–Kier alpha value is -0.730. The lowest BCUT2D eigenvalue weighted by atomic mass is 10.1. The number of nitrogens with one attached hydrogen (secondary N) is 1. The molecular weight excluding hydrogens is 374 g/mol. The predicted octanol–water partition coefficient (Wildman–Crippen LogP) is 2.70. The van der Waals surface area contributed by atoms with Crippen LogP contribution in [-0.4, -0.2) is 26.2 Å². The molecule has 0 aliphatic rings. The largest absolute Gasteiger partial charge is 0.395 e. The van der Waals surface area contributed by atoms with Crippen molar-refractivity contribution >= 4 is 37.3 Å². The first-order chi connectivity index (χ1) is 9.92. The standard InChI is InChI=1S/C14H16BrNO3S2/c1-10-13(8-14(15)20-10)21(18,19)16-12(9-17)7-11-5-3-2-4-6-11/h2-6,8,12,16-17H,7,9H2,1H3/t12-/m0/s1. The number of aryl methyl sites for hydroxylation is 1. The van der Waals surface area contributed by atoms with Crippen molar-refractivity contribution < 1.29 is 13.5 Å². The van der Waals surface area contributed by atoms with Crippen LogP contribution in [0.1, 0.15) is 10.4 Å². The maximum absolute atomic E-state index is 12.4. The molecule has 1 heterocycles. The molecule has 0 amide bonds. The molecule has 0 radical (unpaired) electrons. The van der Waals surface area contributed by atoms with Crippen molar-refractivity contribution in [3.63, 3.8) is 0 Å². The number of hydrogen-bond donors (Lipinski definition) is 2. The van der Waals surface area contributed by atoms with Crippen LogP contribution in [0.5, 0.6) is 0 Å². The molecule has 2 aromatic rings. The third-order valence-electron chi connectivity index (χ3n) is 3.00. The van der Waals surface area contributed by atoms with Gasteiger partial charge in [-0.05, 0) is 40.9 Å². The maximum Gasteiger partial charge on any atom is 0.242 e. The van der Waals surface area contributed by atoms with Crippen molar-refractivity contribution in [3.8, 4) is 0 Å². The Morgan fingerprint density at radius 1 is 1.33 bits per heavy atom. The zero-order valence-corrected chi connectivity index (χ0v) is 14.6. The average molecular weight is 390 g/mol. The molecule has 0 aliphatic heterocycles. The van der Waals surface area contributed by atoms with Crippen molar-refractivity contribution in [2.75, 3.05) is 6.61 Å². The topological polar surface area (TPSA) is 66.4 Å². The van der Waals surface area contributed by atoms with Crippen molar-refractivity contribution in [1.82, 2.24) is 4.72 Å². The van der Waals surface area contributed by atoms with Crippen LogP contribution in [-0.2, 0) is 16.4 Å². The van der Waals surface area contributed by atoms with Gasteiger partial charge in [-0.15, -0.1) is 11.3 Å². The molecule has 0 aliphatic carbocycles. The summed E-state index contributed by atoms with van der Waals surface area (Å²) in [6, 6.07) is 10.5. The van der Waals surface area contributed by atoms with E-state index in [1.807, 2.05) is 30.3 Å². The summed E-state index contributed by atoms with van der Waals surface area (Å²) in [5.41, 5.74) is 0.975. The van der Waals surface area contributed by atoms with E-state index >= 15 is 0 Å². The molecule has 0 spiro atoms. The van der Waals surface area contributed by atoms with Crippen LogP contribution >= 0.6 is 27.3 Å². The first-order valence-corrected chi connectivity index (χ1v) is 9.44. The zero-order valence-electron chi connectivity index (χ0n) is 11.4. The molecular formula is C14H16BrNO3S2. The van der Waals surface area contributed by atoms with E-state index in [2.05, 4.69) is 20.7 Å². The van der Waals surface area contributed by atoms with Crippen molar-refractivity contribution in [2.24, 2.45) is 0 Å². The normalized spacial score (nSPS) is 13.3. The lowest BCUT2D eigenvalue weighted by Crippen LogP contribution is -2.39. The molecule has 0 fully saturated rings. The highest BCUT2D eigenvalue weighted by atomic mass is 79.9. The minimum Gasteiger partial charge on any atom is -0.395 e. The maximum atomic E-state index is 12.4. The molecule has 2 N–H and O–H groups in total. The summed E-state index contributed by atoms with van der Waals surface area (Å²) in [6.07, 6.45) is 0.445. The number of rotatable bonds is 6. The molecule has 1 aromatic heterocycles. The summed E-state index contributed by atoms with van der Waals surface area (Å²) in [7, 11) is -3.63. The van der Waals surface area contributed by atoms with Gasteiger partial charge in [-0.25, -0.2) is 13.1 Å². The number of benzene rings is 1. The number of aliphatic hydroxyl groups excluding tert-OH is 1. The van der Waals surface area contributed by atoms with Gasteiger partial charge in [-0.2, -0.15) is 0 Å². The average Bonchev–Trinajstić information content (AvgIpc) is 2.79. The van der Waals surface area contributed by atoms with E-state index in [1.54, 1.807) is 13.0 Å². The number of aliphatic hydroxyl groups is 1. The summed E-state index contributed by atoms with van der Waals surface area (Å²) in [6.45, 7) is 1.51. The lowest BCUT2D eigenvalue weighted by Gasteiger charge is -2.16. The first kappa shape index (κ1) is 16.6. The van der Waals surface area contributed by atoms with E-state index in [4.69, 9.17) is 0 Å². The van der Waals surface area contributed by atoms with Gasteiger partial charge in [0.25, 0.3) is 0 Å². The van der Waals surface area contributed by atoms with Crippen LogP contribution in [0.25, 0.3) is 0 Å². The van der Waals surface area contributed by atoms with Crippen molar-refractivity contribution in [1.29, 1.82) is 0 Å². The second-order valence-electron chi connectivity index (χ2n) is 4.66. The van der Waals surface area contributed by atoms with Crippen LogP contribution in [0.3, 0.4) is 0 Å². The summed E-state index contributed by atoms with van der Waals surface area (Å²) < 4.78 is 28.1. The minimum atomic E-state index is -3.63. The lowest BCUT2D eigenvalue weighted by molar-refractivity contribution is 0.256. The molecule has 7 heteroatoms.